The van der Waals surface area contributed by atoms with E-state index in [0.29, 0.717) is 23.6 Å². The molecule has 0 heterocycles. The normalized spacial score (nSPS) is 21.8. The van der Waals surface area contributed by atoms with Crippen molar-refractivity contribution in [3.63, 3.8) is 0 Å². The molecule has 3 N–H and O–H groups in total. The highest BCUT2D eigenvalue weighted by atomic mass is 16.1. The lowest BCUT2D eigenvalue weighted by atomic mass is 10.1. The zero-order valence-electron chi connectivity index (χ0n) is 9.79. The minimum Gasteiger partial charge on any atom is -0.366 e. The standard InChI is InChI=1S/C13H18N2O/c1-13(2)7-11(13)15-8-9-5-3-4-6-10(9)12(14)16/h3-6,11,15H,7-8H2,1-2H3,(H2,14,16). The molecule has 1 amide bonds. The van der Waals surface area contributed by atoms with Crippen molar-refractivity contribution in [3.8, 4) is 0 Å². The maximum Gasteiger partial charge on any atom is 0.249 e. The number of rotatable bonds is 4. The van der Waals surface area contributed by atoms with Gasteiger partial charge in [-0.25, -0.2) is 0 Å². The molecule has 2 rings (SSSR count). The summed E-state index contributed by atoms with van der Waals surface area (Å²) in [6.45, 7) is 5.20. The molecule has 1 unspecified atom stereocenters. The predicted octanol–water partition coefficient (Wildman–Crippen LogP) is 1.67. The molecule has 16 heavy (non-hydrogen) atoms. The zero-order chi connectivity index (χ0) is 11.8. The van der Waals surface area contributed by atoms with E-state index in [2.05, 4.69) is 19.2 Å². The van der Waals surface area contributed by atoms with Crippen LogP contribution >= 0.6 is 0 Å². The van der Waals surface area contributed by atoms with Crippen LogP contribution in [0.1, 0.15) is 36.2 Å². The lowest BCUT2D eigenvalue weighted by molar-refractivity contribution is 0.0999. The summed E-state index contributed by atoms with van der Waals surface area (Å²) in [5.74, 6) is -0.354. The van der Waals surface area contributed by atoms with Crippen molar-refractivity contribution in [2.45, 2.75) is 32.9 Å². The monoisotopic (exact) mass is 218 g/mol. The van der Waals surface area contributed by atoms with Gasteiger partial charge in [0.25, 0.3) is 0 Å². The maximum atomic E-state index is 11.2. The SMILES string of the molecule is CC1(C)CC1NCc1ccccc1C(N)=O. The van der Waals surface area contributed by atoms with Crippen LogP contribution in [0.4, 0.5) is 0 Å². The van der Waals surface area contributed by atoms with Gasteiger partial charge in [0.2, 0.25) is 5.91 Å². The third-order valence-corrected chi connectivity index (χ3v) is 3.34. The first-order chi connectivity index (χ1) is 7.50. The third-order valence-electron chi connectivity index (χ3n) is 3.34. The second kappa shape index (κ2) is 3.91. The van der Waals surface area contributed by atoms with E-state index < -0.39 is 0 Å². The van der Waals surface area contributed by atoms with E-state index in [1.807, 2.05) is 18.2 Å². The Labute approximate surface area is 96.0 Å². The number of hydrogen-bond acceptors (Lipinski definition) is 2. The van der Waals surface area contributed by atoms with Crippen LogP contribution in [-0.2, 0) is 6.54 Å². The first kappa shape index (κ1) is 11.1. The molecule has 1 atom stereocenters. The number of hydrogen-bond donors (Lipinski definition) is 2. The van der Waals surface area contributed by atoms with Gasteiger partial charge in [-0.3, -0.25) is 4.79 Å². The molecular formula is C13H18N2O. The van der Waals surface area contributed by atoms with Crippen molar-refractivity contribution < 1.29 is 4.79 Å². The Kier molecular flexibility index (Phi) is 2.72. The van der Waals surface area contributed by atoms with E-state index in [1.54, 1.807) is 6.07 Å². The van der Waals surface area contributed by atoms with Gasteiger partial charge in [0.1, 0.15) is 0 Å². The Morgan fingerprint density at radius 2 is 2.12 bits per heavy atom. The van der Waals surface area contributed by atoms with Crippen molar-refractivity contribution >= 4 is 5.91 Å². The van der Waals surface area contributed by atoms with E-state index in [9.17, 15) is 4.79 Å². The Morgan fingerprint density at radius 3 is 2.69 bits per heavy atom. The summed E-state index contributed by atoms with van der Waals surface area (Å²) in [6.07, 6.45) is 1.20. The Hall–Kier alpha value is -1.35. The zero-order valence-corrected chi connectivity index (χ0v) is 9.79. The number of nitrogens with two attached hydrogens (primary N) is 1. The topological polar surface area (TPSA) is 55.1 Å². The summed E-state index contributed by atoms with van der Waals surface area (Å²) in [5.41, 5.74) is 7.33. The fraction of sp³-hybridized carbons (Fsp3) is 0.462. The molecular weight excluding hydrogens is 200 g/mol. The molecule has 1 aliphatic carbocycles. The first-order valence-electron chi connectivity index (χ1n) is 5.62. The van der Waals surface area contributed by atoms with Gasteiger partial charge < -0.3 is 11.1 Å². The smallest absolute Gasteiger partial charge is 0.249 e. The minimum atomic E-state index is -0.354. The molecule has 86 valence electrons. The number of benzene rings is 1. The summed E-state index contributed by atoms with van der Waals surface area (Å²) in [4.78, 5) is 11.2. The van der Waals surface area contributed by atoms with Gasteiger partial charge in [0.05, 0.1) is 0 Å². The van der Waals surface area contributed by atoms with Crippen LogP contribution in [0.3, 0.4) is 0 Å². The molecule has 0 bridgehead atoms. The van der Waals surface area contributed by atoms with Gasteiger partial charge in [0, 0.05) is 18.2 Å². The highest BCUT2D eigenvalue weighted by molar-refractivity contribution is 5.94. The molecule has 3 heteroatoms. The van der Waals surface area contributed by atoms with Gasteiger partial charge in [-0.1, -0.05) is 32.0 Å². The van der Waals surface area contributed by atoms with E-state index >= 15 is 0 Å². The molecule has 1 aliphatic rings. The van der Waals surface area contributed by atoms with Crippen LogP contribution in [0.2, 0.25) is 0 Å². The van der Waals surface area contributed by atoms with Crippen molar-refractivity contribution in [1.82, 2.24) is 5.32 Å². The van der Waals surface area contributed by atoms with Crippen molar-refractivity contribution in [2.75, 3.05) is 0 Å². The van der Waals surface area contributed by atoms with Crippen LogP contribution in [0.25, 0.3) is 0 Å². The number of nitrogens with one attached hydrogen (secondary N) is 1. The Bertz CT molecular complexity index is 412. The summed E-state index contributed by atoms with van der Waals surface area (Å²) >= 11 is 0. The maximum absolute atomic E-state index is 11.2. The van der Waals surface area contributed by atoms with E-state index in [4.69, 9.17) is 5.73 Å². The van der Waals surface area contributed by atoms with E-state index in [-0.39, 0.29) is 5.91 Å². The Balaban J connectivity index is 2.02. The highest BCUT2D eigenvalue weighted by Crippen LogP contribution is 2.44. The molecule has 1 fully saturated rings. The molecule has 1 saturated carbocycles. The fourth-order valence-corrected chi connectivity index (χ4v) is 1.96. The van der Waals surface area contributed by atoms with E-state index in [0.717, 1.165) is 5.56 Å². The molecule has 0 aromatic heterocycles. The second-order valence-electron chi connectivity index (χ2n) is 5.15. The Morgan fingerprint density at radius 1 is 1.50 bits per heavy atom. The molecule has 1 aromatic carbocycles. The van der Waals surface area contributed by atoms with Crippen LogP contribution in [-0.4, -0.2) is 11.9 Å². The molecule has 0 saturated heterocycles. The molecule has 1 aromatic rings. The molecule has 0 aliphatic heterocycles. The van der Waals surface area contributed by atoms with Gasteiger partial charge in [-0.05, 0) is 23.5 Å². The molecule has 3 nitrogen and oxygen atoms in total. The van der Waals surface area contributed by atoms with Gasteiger partial charge in [0.15, 0.2) is 0 Å². The third kappa shape index (κ3) is 2.25. The van der Waals surface area contributed by atoms with Gasteiger partial charge in [-0.15, -0.1) is 0 Å². The average molecular weight is 218 g/mol. The lowest BCUT2D eigenvalue weighted by Gasteiger charge is -2.09. The fourth-order valence-electron chi connectivity index (χ4n) is 1.96. The average Bonchev–Trinajstić information content (AvgIpc) is 2.84. The molecule has 0 radical (unpaired) electrons. The van der Waals surface area contributed by atoms with Crippen molar-refractivity contribution in [2.24, 2.45) is 11.1 Å². The summed E-state index contributed by atoms with van der Waals surface area (Å²) in [7, 11) is 0. The summed E-state index contributed by atoms with van der Waals surface area (Å²) in [5, 5.41) is 3.45. The summed E-state index contributed by atoms with van der Waals surface area (Å²) in [6, 6.07) is 8.06. The second-order valence-corrected chi connectivity index (χ2v) is 5.15. The number of carbonyl (C=O) groups is 1. The quantitative estimate of drug-likeness (QED) is 0.807. The number of carbonyl (C=O) groups excluding carboxylic acids is 1. The highest BCUT2D eigenvalue weighted by Gasteiger charge is 2.45. The number of primary amides is 1. The lowest BCUT2D eigenvalue weighted by Crippen LogP contribution is -2.22. The van der Waals surface area contributed by atoms with Crippen LogP contribution in [0, 0.1) is 5.41 Å². The molecule has 0 spiro atoms. The van der Waals surface area contributed by atoms with Crippen molar-refractivity contribution in [1.29, 1.82) is 0 Å². The van der Waals surface area contributed by atoms with Crippen LogP contribution in [0.5, 0.6) is 0 Å². The van der Waals surface area contributed by atoms with Crippen LogP contribution < -0.4 is 11.1 Å². The van der Waals surface area contributed by atoms with Gasteiger partial charge >= 0.3 is 0 Å². The van der Waals surface area contributed by atoms with E-state index in [1.165, 1.54) is 6.42 Å². The predicted molar refractivity (Wildman–Crippen MR) is 64.0 cm³/mol. The minimum absolute atomic E-state index is 0.354. The largest absolute Gasteiger partial charge is 0.366 e. The first-order valence-corrected chi connectivity index (χ1v) is 5.62. The van der Waals surface area contributed by atoms with Crippen LogP contribution in [0.15, 0.2) is 24.3 Å². The van der Waals surface area contributed by atoms with Gasteiger partial charge in [-0.2, -0.15) is 0 Å². The summed E-state index contributed by atoms with van der Waals surface area (Å²) < 4.78 is 0. The van der Waals surface area contributed by atoms with Crippen molar-refractivity contribution in [3.05, 3.63) is 35.4 Å². The number of amides is 1.